The smallest absolute Gasteiger partial charge is 0.0727 e. The predicted molar refractivity (Wildman–Crippen MR) is 245 cm³/mol. The zero-order valence-electron chi connectivity index (χ0n) is 36.2. The normalized spacial score (nSPS) is 15.8. The molecule has 0 saturated carbocycles. The number of anilines is 6. The quantitative estimate of drug-likeness (QED) is 0.166. The average Bonchev–Trinajstić information content (AvgIpc) is 3.96. The highest BCUT2D eigenvalue weighted by atomic mass is 32.1. The van der Waals surface area contributed by atoms with Crippen LogP contribution in [0.15, 0.2) is 218 Å². The molecule has 1 unspecified atom stereocenters. The molecule has 0 bridgehead atoms. The van der Waals surface area contributed by atoms with Crippen molar-refractivity contribution in [2.75, 3.05) is 9.80 Å². The Bertz CT molecular complexity index is 3450. The Labute approximate surface area is 349 Å². The summed E-state index contributed by atoms with van der Waals surface area (Å²) in [5.41, 5.74) is 13.0. The van der Waals surface area contributed by atoms with Gasteiger partial charge in [-0.15, -0.1) is 11.3 Å². The molecule has 58 heavy (non-hydrogen) atoms. The fourth-order valence-corrected chi connectivity index (χ4v) is 10.7. The molecule has 2 aliphatic rings. The molecule has 10 aromatic rings. The van der Waals surface area contributed by atoms with Crippen LogP contribution in [0.2, 0.25) is 0 Å². The second kappa shape index (κ2) is 12.9. The topological polar surface area (TPSA) is 6.48 Å². The summed E-state index contributed by atoms with van der Waals surface area (Å²) in [6.07, 6.45) is 0. The van der Waals surface area contributed by atoms with Crippen LogP contribution in [0.25, 0.3) is 42.4 Å². The third kappa shape index (κ3) is 4.78. The minimum Gasteiger partial charge on any atom is -0.310 e. The van der Waals surface area contributed by atoms with Crippen molar-refractivity contribution in [3.8, 4) is 22.3 Å². The van der Waals surface area contributed by atoms with E-state index in [4.69, 9.17) is 6.85 Å². The third-order valence-corrected chi connectivity index (χ3v) is 13.1. The van der Waals surface area contributed by atoms with Gasteiger partial charge in [0.05, 0.1) is 12.3 Å². The van der Waals surface area contributed by atoms with E-state index in [0.717, 1.165) is 50.4 Å². The monoisotopic (exact) mass is 761 g/mol. The molecule has 0 radical (unpaired) electrons. The molecule has 3 heteroatoms. The van der Waals surface area contributed by atoms with E-state index < -0.39 is 11.5 Å². The van der Waals surface area contributed by atoms with Gasteiger partial charge in [0.1, 0.15) is 0 Å². The van der Waals surface area contributed by atoms with Crippen LogP contribution in [0.4, 0.5) is 34.1 Å². The van der Waals surface area contributed by atoms with Gasteiger partial charge in [0.15, 0.2) is 0 Å². The van der Waals surface area contributed by atoms with Crippen LogP contribution in [0.5, 0.6) is 0 Å². The Balaban J connectivity index is 1.13. The molecule has 1 aromatic heterocycles. The molecule has 1 atom stereocenters. The van der Waals surface area contributed by atoms with E-state index in [-0.39, 0.29) is 29.9 Å². The van der Waals surface area contributed by atoms with Crippen molar-refractivity contribution in [2.45, 2.75) is 5.41 Å². The average molecular weight is 762 g/mol. The van der Waals surface area contributed by atoms with E-state index in [1.165, 1.54) is 31.3 Å². The van der Waals surface area contributed by atoms with Crippen LogP contribution in [0, 0.1) is 0 Å². The minimum atomic E-state index is -0.748. The summed E-state index contributed by atoms with van der Waals surface area (Å²) in [7, 11) is 0. The van der Waals surface area contributed by atoms with E-state index >= 15 is 0 Å². The molecule has 0 saturated heterocycles. The zero-order chi connectivity index (χ0) is 42.6. The lowest BCUT2D eigenvalue weighted by molar-refractivity contribution is 0.793. The summed E-state index contributed by atoms with van der Waals surface area (Å²) >= 11 is 1.82. The molecule has 272 valence electrons. The van der Waals surface area contributed by atoms with Gasteiger partial charge < -0.3 is 9.80 Å². The van der Waals surface area contributed by atoms with E-state index in [2.05, 4.69) is 157 Å². The van der Waals surface area contributed by atoms with Crippen LogP contribution in [-0.4, -0.2) is 0 Å². The summed E-state index contributed by atoms with van der Waals surface area (Å²) in [5.74, 6) is 0. The van der Waals surface area contributed by atoms with Crippen LogP contribution >= 0.6 is 11.3 Å². The van der Waals surface area contributed by atoms with Gasteiger partial charge in [0.25, 0.3) is 0 Å². The predicted octanol–water partition coefficient (Wildman–Crippen LogP) is 15.3. The lowest BCUT2D eigenvalue weighted by atomic mass is 9.70. The molecular formula is C55H36N2S. The molecule has 1 spiro atoms. The van der Waals surface area contributed by atoms with Gasteiger partial charge in [-0.05, 0) is 129 Å². The maximum atomic E-state index is 9.14. The van der Waals surface area contributed by atoms with Crippen molar-refractivity contribution in [3.05, 3.63) is 241 Å². The van der Waals surface area contributed by atoms with Crippen molar-refractivity contribution in [3.63, 3.8) is 0 Å². The highest BCUT2D eigenvalue weighted by Crippen LogP contribution is 2.64. The SMILES string of the molecule is [2H]c1c([2H])c([2H])c(N(c2ccccc2)c2ccc3c(c2)C2(c4ccccc4-c4ccc(N(c5ccccc5)c5ccc6sc7ccccc7c6c5)cc42)c2ccccc2-3)c([2H])c1[2H]. The highest BCUT2D eigenvalue weighted by Gasteiger charge is 2.52. The second-order valence-electron chi connectivity index (χ2n) is 14.9. The first kappa shape index (κ1) is 28.2. The van der Waals surface area contributed by atoms with Gasteiger partial charge in [0, 0.05) is 54.3 Å². The van der Waals surface area contributed by atoms with Gasteiger partial charge in [-0.2, -0.15) is 0 Å². The first-order valence-corrected chi connectivity index (χ1v) is 20.3. The van der Waals surface area contributed by atoms with E-state index in [9.17, 15) is 0 Å². The molecule has 2 nitrogen and oxygen atoms in total. The fraction of sp³-hybridized carbons (Fsp3) is 0.0182. The summed E-state index contributed by atoms with van der Waals surface area (Å²) in [5, 5.41) is 2.48. The molecule has 0 aliphatic heterocycles. The van der Waals surface area contributed by atoms with E-state index in [1.807, 2.05) is 52.6 Å². The number of thiophene rings is 1. The molecule has 12 rings (SSSR count). The minimum absolute atomic E-state index is 0.0973. The largest absolute Gasteiger partial charge is 0.310 e. The number of benzene rings is 9. The Morgan fingerprint density at radius 2 is 0.810 bits per heavy atom. The molecular weight excluding hydrogens is 721 g/mol. The lowest BCUT2D eigenvalue weighted by Crippen LogP contribution is -2.26. The molecule has 0 amide bonds. The molecule has 2 aliphatic carbocycles. The fourth-order valence-electron chi connectivity index (χ4n) is 9.61. The first-order chi connectivity index (χ1) is 30.8. The van der Waals surface area contributed by atoms with E-state index in [1.54, 1.807) is 0 Å². The number of fused-ring (bicyclic) bond motifs is 13. The van der Waals surface area contributed by atoms with Crippen LogP contribution in [-0.2, 0) is 5.41 Å². The third-order valence-electron chi connectivity index (χ3n) is 11.9. The van der Waals surface area contributed by atoms with Crippen molar-refractivity contribution in [2.24, 2.45) is 0 Å². The van der Waals surface area contributed by atoms with Crippen molar-refractivity contribution in [1.82, 2.24) is 0 Å². The summed E-state index contributed by atoms with van der Waals surface area (Å²) in [6, 6.07) is 64.4. The summed E-state index contributed by atoms with van der Waals surface area (Å²) < 4.78 is 46.5. The van der Waals surface area contributed by atoms with Gasteiger partial charge in [0.2, 0.25) is 0 Å². The van der Waals surface area contributed by atoms with Gasteiger partial charge in [-0.3, -0.25) is 0 Å². The Kier molecular flexibility index (Phi) is 6.29. The summed E-state index contributed by atoms with van der Waals surface area (Å²) in [6.45, 7) is 0. The highest BCUT2D eigenvalue weighted by molar-refractivity contribution is 7.25. The first-order valence-electron chi connectivity index (χ1n) is 22.0. The number of hydrogen-bond donors (Lipinski definition) is 0. The number of rotatable bonds is 6. The maximum absolute atomic E-state index is 9.14. The Hall–Kier alpha value is -7.20. The second-order valence-corrected chi connectivity index (χ2v) is 16.0. The van der Waals surface area contributed by atoms with Gasteiger partial charge in [-0.1, -0.05) is 133 Å². The summed E-state index contributed by atoms with van der Waals surface area (Å²) in [4.78, 5) is 4.17. The number of nitrogens with zero attached hydrogens (tertiary/aromatic N) is 2. The zero-order valence-corrected chi connectivity index (χ0v) is 32.0. The van der Waals surface area contributed by atoms with E-state index in [0.29, 0.717) is 11.4 Å². The standard InChI is InChI=1S/C55H36N2S/c1-4-16-37(17-5-1)56(38-18-6-2-7-19-38)41-28-31-45-43-22-10-13-25-49(43)55(51(45)35-41)50-26-14-11-23-44(50)46-32-29-42(36-52(46)55)57(39-20-8-3-9-21-39)40-30-33-54-48(34-40)47-24-12-15-27-53(47)58-54/h1-36H/i1D,4D,5D,16D,17D. The van der Waals surface area contributed by atoms with Gasteiger partial charge in [-0.25, -0.2) is 0 Å². The van der Waals surface area contributed by atoms with Crippen LogP contribution in [0.3, 0.4) is 0 Å². The molecule has 0 N–H and O–H groups in total. The van der Waals surface area contributed by atoms with Crippen molar-refractivity contribution in [1.29, 1.82) is 0 Å². The van der Waals surface area contributed by atoms with Crippen molar-refractivity contribution >= 4 is 65.6 Å². The van der Waals surface area contributed by atoms with Crippen LogP contribution in [0.1, 0.15) is 29.1 Å². The number of hydrogen-bond acceptors (Lipinski definition) is 3. The number of para-hydroxylation sites is 3. The Morgan fingerprint density at radius 3 is 1.43 bits per heavy atom. The molecule has 0 fully saturated rings. The van der Waals surface area contributed by atoms with Crippen LogP contribution < -0.4 is 9.80 Å². The van der Waals surface area contributed by atoms with Gasteiger partial charge >= 0.3 is 0 Å². The maximum Gasteiger partial charge on any atom is 0.0727 e. The Morgan fingerprint density at radius 1 is 0.345 bits per heavy atom. The molecule has 1 heterocycles. The molecule has 9 aromatic carbocycles. The lowest BCUT2D eigenvalue weighted by Gasteiger charge is -2.33. The van der Waals surface area contributed by atoms with Crippen molar-refractivity contribution < 1.29 is 6.85 Å².